The van der Waals surface area contributed by atoms with Gasteiger partial charge in [0.05, 0.1) is 5.39 Å². The maximum absolute atomic E-state index is 12.8. The molecule has 8 heteroatoms. The Morgan fingerprint density at radius 1 is 1.03 bits per heavy atom. The van der Waals surface area contributed by atoms with Gasteiger partial charge in [0, 0.05) is 50.3 Å². The number of rotatable bonds is 4. The first-order chi connectivity index (χ1) is 14.6. The molecule has 1 aromatic carbocycles. The van der Waals surface area contributed by atoms with Crippen LogP contribution in [0.15, 0.2) is 52.1 Å². The minimum atomic E-state index is -0.178. The molecule has 4 heterocycles. The topological polar surface area (TPSA) is 90.1 Å². The van der Waals surface area contributed by atoms with E-state index in [1.54, 1.807) is 30.3 Å². The molecule has 30 heavy (non-hydrogen) atoms. The molecule has 0 N–H and O–H groups in total. The van der Waals surface area contributed by atoms with E-state index >= 15 is 0 Å². The number of aromatic nitrogens is 4. The van der Waals surface area contributed by atoms with E-state index in [0.717, 1.165) is 12.1 Å². The highest BCUT2D eigenvalue weighted by atomic mass is 16.2. The summed E-state index contributed by atoms with van der Waals surface area (Å²) in [5, 5.41) is 8.62. The lowest BCUT2D eigenvalue weighted by atomic mass is 9.83. The zero-order valence-corrected chi connectivity index (χ0v) is 16.6. The molecule has 8 nitrogen and oxygen atoms in total. The molecule has 0 saturated carbocycles. The maximum atomic E-state index is 12.8. The van der Waals surface area contributed by atoms with Crippen molar-refractivity contribution in [3.63, 3.8) is 0 Å². The van der Waals surface area contributed by atoms with Crippen LogP contribution in [0.25, 0.3) is 10.9 Å². The fourth-order valence-electron chi connectivity index (χ4n) is 4.81. The van der Waals surface area contributed by atoms with Gasteiger partial charge in [-0.05, 0) is 37.0 Å². The molecule has 1 amide bonds. The van der Waals surface area contributed by atoms with Crippen LogP contribution in [0.2, 0.25) is 0 Å². The van der Waals surface area contributed by atoms with Crippen LogP contribution in [-0.4, -0.2) is 43.5 Å². The Labute approximate surface area is 172 Å². The first-order valence-corrected chi connectivity index (χ1v) is 10.4. The summed E-state index contributed by atoms with van der Waals surface area (Å²) >= 11 is 0. The molecule has 1 saturated heterocycles. The molecule has 2 bridgehead atoms. The van der Waals surface area contributed by atoms with Crippen molar-refractivity contribution in [2.45, 2.75) is 38.3 Å². The van der Waals surface area contributed by atoms with E-state index in [0.29, 0.717) is 55.8 Å². The van der Waals surface area contributed by atoms with E-state index in [-0.39, 0.29) is 22.9 Å². The lowest BCUT2D eigenvalue weighted by Gasteiger charge is -2.42. The Morgan fingerprint density at radius 3 is 2.80 bits per heavy atom. The van der Waals surface area contributed by atoms with Crippen molar-refractivity contribution in [1.82, 2.24) is 24.5 Å². The van der Waals surface area contributed by atoms with Gasteiger partial charge >= 0.3 is 0 Å². The third-order valence-electron chi connectivity index (χ3n) is 6.22. The highest BCUT2D eigenvalue weighted by Gasteiger charge is 2.35. The molecule has 5 rings (SSSR count). The third kappa shape index (κ3) is 3.32. The molecular weight excluding hydrogens is 382 g/mol. The fraction of sp³-hybridized carbons (Fsp3) is 0.409. The summed E-state index contributed by atoms with van der Waals surface area (Å²) in [5.74, 6) is 0.622. The zero-order valence-electron chi connectivity index (χ0n) is 16.6. The smallest absolute Gasteiger partial charge is 0.277 e. The van der Waals surface area contributed by atoms with Crippen LogP contribution in [-0.2, 0) is 17.9 Å². The molecule has 154 valence electrons. The van der Waals surface area contributed by atoms with Gasteiger partial charge in [-0.15, -0.1) is 5.10 Å². The van der Waals surface area contributed by atoms with Crippen LogP contribution < -0.4 is 11.1 Å². The molecule has 0 unspecified atom stereocenters. The number of hydrogen-bond donors (Lipinski definition) is 0. The fourth-order valence-corrected chi connectivity index (χ4v) is 4.81. The molecule has 2 atom stereocenters. The second-order valence-corrected chi connectivity index (χ2v) is 8.24. The minimum absolute atomic E-state index is 0.0453. The van der Waals surface area contributed by atoms with Crippen molar-refractivity contribution >= 4 is 16.8 Å². The van der Waals surface area contributed by atoms with Gasteiger partial charge in [-0.2, -0.15) is 0 Å². The Kier molecular flexibility index (Phi) is 4.69. The Morgan fingerprint density at radius 2 is 1.90 bits per heavy atom. The Bertz CT molecular complexity index is 1230. The van der Waals surface area contributed by atoms with Crippen molar-refractivity contribution in [3.05, 3.63) is 68.9 Å². The van der Waals surface area contributed by atoms with Crippen molar-refractivity contribution in [3.8, 4) is 0 Å². The summed E-state index contributed by atoms with van der Waals surface area (Å²) in [5.41, 5.74) is 1.48. The molecule has 3 aromatic rings. The Hall–Kier alpha value is -3.29. The summed E-state index contributed by atoms with van der Waals surface area (Å²) in [6, 6.07) is 12.5. The lowest BCUT2D eigenvalue weighted by Crippen LogP contribution is -2.49. The molecule has 2 aromatic heterocycles. The summed E-state index contributed by atoms with van der Waals surface area (Å²) in [6.45, 7) is 2.37. The highest BCUT2D eigenvalue weighted by molar-refractivity contribution is 5.77. The number of fused-ring (bicyclic) bond motifs is 5. The number of benzene rings is 1. The van der Waals surface area contributed by atoms with Gasteiger partial charge in [0.15, 0.2) is 0 Å². The standard InChI is InChI=1S/C22H23N5O3/c28-20(9-4-10-27-22(30)17-5-1-2-6-18(17)23-24-27)25-12-15-11-16(14-25)19-7-3-8-21(29)26(19)13-15/h1-3,5-8,15-16H,4,9-14H2/t15-,16+/m1/s1. The van der Waals surface area contributed by atoms with E-state index in [2.05, 4.69) is 10.3 Å². The molecule has 1 fully saturated rings. The van der Waals surface area contributed by atoms with Crippen LogP contribution in [0.5, 0.6) is 0 Å². The number of carbonyl (C=O) groups excluding carboxylic acids is 1. The van der Waals surface area contributed by atoms with Gasteiger partial charge in [-0.1, -0.05) is 23.4 Å². The van der Waals surface area contributed by atoms with Crippen molar-refractivity contribution in [2.24, 2.45) is 5.92 Å². The molecule has 0 aliphatic carbocycles. The average Bonchev–Trinajstić information content (AvgIpc) is 2.76. The van der Waals surface area contributed by atoms with Crippen LogP contribution in [0.4, 0.5) is 0 Å². The predicted molar refractivity (Wildman–Crippen MR) is 111 cm³/mol. The van der Waals surface area contributed by atoms with Crippen LogP contribution >= 0.6 is 0 Å². The van der Waals surface area contributed by atoms with Crippen molar-refractivity contribution in [2.75, 3.05) is 13.1 Å². The van der Waals surface area contributed by atoms with Gasteiger partial charge in [0.2, 0.25) is 5.91 Å². The molecule has 2 aliphatic heterocycles. The number of carbonyl (C=O) groups is 1. The number of nitrogens with zero attached hydrogens (tertiary/aromatic N) is 5. The lowest BCUT2D eigenvalue weighted by molar-refractivity contribution is -0.134. The maximum Gasteiger partial charge on any atom is 0.277 e. The monoisotopic (exact) mass is 405 g/mol. The molecule has 0 radical (unpaired) electrons. The number of hydrogen-bond acceptors (Lipinski definition) is 5. The highest BCUT2D eigenvalue weighted by Crippen LogP contribution is 2.35. The number of aryl methyl sites for hydroxylation is 1. The summed E-state index contributed by atoms with van der Waals surface area (Å²) < 4.78 is 3.20. The zero-order chi connectivity index (χ0) is 20.7. The van der Waals surface area contributed by atoms with Gasteiger partial charge < -0.3 is 9.47 Å². The number of pyridine rings is 1. The summed E-state index contributed by atoms with van der Waals surface area (Å²) in [7, 11) is 0. The van der Waals surface area contributed by atoms with Crippen LogP contribution in [0.3, 0.4) is 0 Å². The number of likely N-dealkylation sites (tertiary alicyclic amines) is 1. The van der Waals surface area contributed by atoms with Gasteiger partial charge in [0.25, 0.3) is 11.1 Å². The quantitative estimate of drug-likeness (QED) is 0.654. The predicted octanol–water partition coefficient (Wildman–Crippen LogP) is 1.38. The van der Waals surface area contributed by atoms with E-state index in [1.807, 2.05) is 21.6 Å². The first-order valence-electron chi connectivity index (χ1n) is 10.4. The number of amides is 1. The second-order valence-electron chi connectivity index (χ2n) is 8.24. The average molecular weight is 405 g/mol. The van der Waals surface area contributed by atoms with Gasteiger partial charge in [0.1, 0.15) is 5.52 Å². The van der Waals surface area contributed by atoms with E-state index in [1.165, 1.54) is 4.68 Å². The van der Waals surface area contributed by atoms with E-state index in [4.69, 9.17) is 0 Å². The largest absolute Gasteiger partial charge is 0.342 e. The van der Waals surface area contributed by atoms with Gasteiger partial charge in [-0.25, -0.2) is 4.68 Å². The number of piperidine rings is 1. The van der Waals surface area contributed by atoms with Crippen molar-refractivity contribution in [1.29, 1.82) is 0 Å². The van der Waals surface area contributed by atoms with Crippen molar-refractivity contribution < 1.29 is 4.79 Å². The van der Waals surface area contributed by atoms with Crippen LogP contribution in [0.1, 0.15) is 30.9 Å². The second kappa shape index (κ2) is 7.51. The van der Waals surface area contributed by atoms with E-state index < -0.39 is 0 Å². The van der Waals surface area contributed by atoms with Crippen LogP contribution in [0, 0.1) is 5.92 Å². The third-order valence-corrected chi connectivity index (χ3v) is 6.22. The summed E-state index contributed by atoms with van der Waals surface area (Å²) in [4.78, 5) is 39.4. The molecule has 0 spiro atoms. The molecule has 2 aliphatic rings. The van der Waals surface area contributed by atoms with Gasteiger partial charge in [-0.3, -0.25) is 14.4 Å². The minimum Gasteiger partial charge on any atom is -0.342 e. The van der Waals surface area contributed by atoms with E-state index in [9.17, 15) is 14.4 Å². The Balaban J connectivity index is 1.24. The first kappa shape index (κ1) is 18.7. The SMILES string of the molecule is O=C(CCCn1nnc2ccccc2c1=O)N1C[C@H]2C[C@@H](C1)c1cccc(=O)n1C2. The summed E-state index contributed by atoms with van der Waals surface area (Å²) in [6.07, 6.45) is 1.92. The normalized spacial score (nSPS) is 20.2. The molecular formula is C22H23N5O3.